The topological polar surface area (TPSA) is 84.7 Å². The third-order valence-corrected chi connectivity index (χ3v) is 5.49. The normalized spacial score (nSPS) is 24.3. The second kappa shape index (κ2) is 8.19. The van der Waals surface area contributed by atoms with Gasteiger partial charge in [0.2, 0.25) is 5.91 Å². The van der Waals surface area contributed by atoms with E-state index in [1.54, 1.807) is 0 Å². The van der Waals surface area contributed by atoms with Crippen LogP contribution >= 0.6 is 15.9 Å². The minimum atomic E-state index is -0.629. The van der Waals surface area contributed by atoms with Crippen molar-refractivity contribution < 1.29 is 14.3 Å². The summed E-state index contributed by atoms with van der Waals surface area (Å²) < 4.78 is 6.74. The van der Waals surface area contributed by atoms with Crippen molar-refractivity contribution in [2.45, 2.75) is 50.3 Å². The molecule has 25 heavy (non-hydrogen) atoms. The number of fused-ring (bicyclic) bond motifs is 1. The van der Waals surface area contributed by atoms with Gasteiger partial charge >= 0.3 is 6.03 Å². The second-order valence-corrected chi connectivity index (χ2v) is 7.58. The maximum absolute atomic E-state index is 13.0. The second-order valence-electron chi connectivity index (χ2n) is 6.67. The number of rotatable bonds is 4. The Kier molecular flexibility index (Phi) is 5.96. The fourth-order valence-corrected chi connectivity index (χ4v) is 4.26. The van der Waals surface area contributed by atoms with Gasteiger partial charge in [0.25, 0.3) is 0 Å². The lowest BCUT2D eigenvalue weighted by molar-refractivity contribution is -0.150. The summed E-state index contributed by atoms with van der Waals surface area (Å²) in [5.74, 6) is 0.0407. The number of nitrogens with one attached hydrogen (secondary N) is 1. The minimum Gasteiger partial charge on any atom is -0.374 e. The first-order chi connectivity index (χ1) is 12.0. The Morgan fingerprint density at radius 2 is 2.16 bits per heavy atom. The molecule has 136 valence electrons. The molecule has 0 spiro atoms. The zero-order chi connectivity index (χ0) is 17.8. The Morgan fingerprint density at radius 3 is 2.92 bits per heavy atom. The van der Waals surface area contributed by atoms with Crippen LogP contribution in [-0.4, -0.2) is 42.1 Å². The number of halogens is 1. The molecule has 6 nitrogen and oxygen atoms in total. The number of ether oxygens (including phenoxy) is 1. The Balaban J connectivity index is 1.74. The summed E-state index contributed by atoms with van der Waals surface area (Å²) in [6, 6.07) is 6.67. The van der Waals surface area contributed by atoms with Gasteiger partial charge < -0.3 is 20.7 Å². The Labute approximate surface area is 156 Å². The molecule has 1 aliphatic heterocycles. The minimum absolute atomic E-state index is 0.0407. The number of hydrogen-bond donors (Lipinski definition) is 2. The van der Waals surface area contributed by atoms with Gasteiger partial charge in [-0.15, -0.1) is 0 Å². The molecular weight excluding hydrogens is 386 g/mol. The van der Waals surface area contributed by atoms with Crippen LogP contribution < -0.4 is 11.1 Å². The predicted octanol–water partition coefficient (Wildman–Crippen LogP) is 2.72. The summed E-state index contributed by atoms with van der Waals surface area (Å²) in [5, 5.41) is 2.70. The van der Waals surface area contributed by atoms with E-state index < -0.39 is 12.1 Å². The quantitative estimate of drug-likeness (QED) is 0.801. The highest BCUT2D eigenvalue weighted by Gasteiger charge is 2.37. The summed E-state index contributed by atoms with van der Waals surface area (Å²) in [6.07, 6.45) is 4.64. The molecule has 3 rings (SSSR count). The first kappa shape index (κ1) is 18.2. The molecule has 0 bridgehead atoms. The van der Waals surface area contributed by atoms with Gasteiger partial charge in [0.05, 0.1) is 31.2 Å². The molecule has 1 aromatic carbocycles. The van der Waals surface area contributed by atoms with Crippen molar-refractivity contribution in [3.63, 3.8) is 0 Å². The Bertz CT molecular complexity index is 638. The van der Waals surface area contributed by atoms with E-state index in [1.807, 2.05) is 29.2 Å². The number of morpholine rings is 1. The highest BCUT2D eigenvalue weighted by atomic mass is 79.9. The van der Waals surface area contributed by atoms with Crippen molar-refractivity contribution >= 4 is 27.9 Å². The maximum Gasteiger partial charge on any atom is 0.312 e. The number of nitrogens with zero attached hydrogens (tertiary/aromatic N) is 1. The van der Waals surface area contributed by atoms with Crippen LogP contribution in [0.5, 0.6) is 0 Å². The van der Waals surface area contributed by atoms with E-state index in [4.69, 9.17) is 10.5 Å². The summed E-state index contributed by atoms with van der Waals surface area (Å²) in [7, 11) is 0. The van der Waals surface area contributed by atoms with Crippen LogP contribution in [0.25, 0.3) is 0 Å². The van der Waals surface area contributed by atoms with Gasteiger partial charge in [-0.05, 0) is 30.5 Å². The van der Waals surface area contributed by atoms with Crippen molar-refractivity contribution in [1.82, 2.24) is 10.2 Å². The van der Waals surface area contributed by atoms with Crippen LogP contribution in [0.2, 0.25) is 0 Å². The van der Waals surface area contributed by atoms with Gasteiger partial charge in [-0.1, -0.05) is 40.9 Å². The van der Waals surface area contributed by atoms with Gasteiger partial charge in [0.1, 0.15) is 0 Å². The van der Waals surface area contributed by atoms with Gasteiger partial charge in [0.15, 0.2) is 0 Å². The summed E-state index contributed by atoms with van der Waals surface area (Å²) in [6.45, 7) is 1.19. The van der Waals surface area contributed by atoms with Crippen LogP contribution in [0.4, 0.5) is 4.79 Å². The van der Waals surface area contributed by atoms with Crippen molar-refractivity contribution in [2.75, 3.05) is 13.2 Å². The fraction of sp³-hybridized carbons (Fsp3) is 0.556. The number of primary amides is 1. The summed E-state index contributed by atoms with van der Waals surface area (Å²) >= 11 is 3.43. The van der Waals surface area contributed by atoms with E-state index in [9.17, 15) is 9.59 Å². The van der Waals surface area contributed by atoms with E-state index in [1.165, 1.54) is 0 Å². The van der Waals surface area contributed by atoms with E-state index in [2.05, 4.69) is 21.2 Å². The molecule has 7 heteroatoms. The van der Waals surface area contributed by atoms with Crippen LogP contribution in [0, 0.1) is 0 Å². The molecule has 2 aliphatic rings. The molecule has 3 amide bonds. The standard InChI is InChI=1S/C18H24BrN3O3/c19-13-5-3-4-12(10-13)14(21-18(20)24)11-17(23)22-8-9-25-16-7-2-1-6-15(16)22/h3-5,10,14-16H,1-2,6-9,11H2,(H3,20,21,24)/t14-,15-,16+/m1/s1. The number of amides is 3. The molecule has 1 aromatic rings. The third-order valence-electron chi connectivity index (χ3n) is 5.00. The number of nitrogens with two attached hydrogens (primary N) is 1. The van der Waals surface area contributed by atoms with Crippen molar-refractivity contribution in [3.05, 3.63) is 34.3 Å². The molecule has 1 saturated carbocycles. The summed E-state index contributed by atoms with van der Waals surface area (Å²) in [5.41, 5.74) is 6.18. The fourth-order valence-electron chi connectivity index (χ4n) is 3.85. The summed E-state index contributed by atoms with van der Waals surface area (Å²) in [4.78, 5) is 26.3. The predicted molar refractivity (Wildman–Crippen MR) is 97.9 cm³/mol. The van der Waals surface area contributed by atoms with E-state index in [-0.39, 0.29) is 24.5 Å². The van der Waals surface area contributed by atoms with Gasteiger partial charge in [-0.25, -0.2) is 4.79 Å². The SMILES string of the molecule is NC(=O)N[C@H](CC(=O)N1CCO[C@H]2CCCC[C@H]21)c1cccc(Br)c1. The number of hydrogen-bond acceptors (Lipinski definition) is 3. The van der Waals surface area contributed by atoms with Crippen LogP contribution in [0.1, 0.15) is 43.7 Å². The number of carbonyl (C=O) groups excluding carboxylic acids is 2. The maximum atomic E-state index is 13.0. The molecule has 3 atom stereocenters. The van der Waals surface area contributed by atoms with Gasteiger partial charge in [-0.2, -0.15) is 0 Å². The Morgan fingerprint density at radius 1 is 1.36 bits per heavy atom. The first-order valence-electron chi connectivity index (χ1n) is 8.77. The molecule has 1 aliphatic carbocycles. The van der Waals surface area contributed by atoms with Crippen LogP contribution in [-0.2, 0) is 9.53 Å². The first-order valence-corrected chi connectivity index (χ1v) is 9.56. The zero-order valence-corrected chi connectivity index (χ0v) is 15.7. The average Bonchev–Trinajstić information content (AvgIpc) is 2.60. The molecule has 0 radical (unpaired) electrons. The lowest BCUT2D eigenvalue weighted by Gasteiger charge is -2.44. The van der Waals surface area contributed by atoms with E-state index >= 15 is 0 Å². The van der Waals surface area contributed by atoms with E-state index in [0.29, 0.717) is 13.2 Å². The van der Waals surface area contributed by atoms with Crippen molar-refractivity contribution in [2.24, 2.45) is 5.73 Å². The lowest BCUT2D eigenvalue weighted by atomic mass is 9.89. The molecule has 1 saturated heterocycles. The zero-order valence-electron chi connectivity index (χ0n) is 14.1. The largest absolute Gasteiger partial charge is 0.374 e. The number of benzene rings is 1. The molecular formula is C18H24BrN3O3. The lowest BCUT2D eigenvalue weighted by Crippen LogP contribution is -2.55. The van der Waals surface area contributed by atoms with Crippen LogP contribution in [0.15, 0.2) is 28.7 Å². The molecule has 1 heterocycles. The highest BCUT2D eigenvalue weighted by Crippen LogP contribution is 2.30. The van der Waals surface area contributed by atoms with Crippen molar-refractivity contribution in [1.29, 1.82) is 0 Å². The molecule has 2 fully saturated rings. The average molecular weight is 410 g/mol. The van der Waals surface area contributed by atoms with Crippen molar-refractivity contribution in [3.8, 4) is 0 Å². The molecule has 0 unspecified atom stereocenters. The number of carbonyl (C=O) groups is 2. The molecule has 0 aromatic heterocycles. The van der Waals surface area contributed by atoms with Crippen LogP contribution in [0.3, 0.4) is 0 Å². The third kappa shape index (κ3) is 4.52. The number of urea groups is 1. The molecule has 3 N–H and O–H groups in total. The van der Waals surface area contributed by atoms with Gasteiger partial charge in [0, 0.05) is 11.0 Å². The van der Waals surface area contributed by atoms with E-state index in [0.717, 1.165) is 35.7 Å². The highest BCUT2D eigenvalue weighted by molar-refractivity contribution is 9.10. The van der Waals surface area contributed by atoms with Gasteiger partial charge in [-0.3, -0.25) is 4.79 Å². The monoisotopic (exact) mass is 409 g/mol. The Hall–Kier alpha value is -1.60. The smallest absolute Gasteiger partial charge is 0.312 e.